The number of benzene rings is 2. The number of nitrogens with one attached hydrogen (secondary N) is 1. The van der Waals surface area contributed by atoms with Crippen LogP contribution in [0.25, 0.3) is 0 Å². The summed E-state index contributed by atoms with van der Waals surface area (Å²) in [6.45, 7) is 6.45. The summed E-state index contributed by atoms with van der Waals surface area (Å²) in [6, 6.07) is 14.1. The van der Waals surface area contributed by atoms with Crippen LogP contribution in [0.15, 0.2) is 42.5 Å². The van der Waals surface area contributed by atoms with Crippen molar-refractivity contribution < 1.29 is 15.3 Å². The maximum absolute atomic E-state index is 9.91. The molecule has 2 aromatic carbocycles. The van der Waals surface area contributed by atoms with Gasteiger partial charge in [0.2, 0.25) is 0 Å². The Bertz CT molecular complexity index is 781. The van der Waals surface area contributed by atoms with Gasteiger partial charge in [-0.1, -0.05) is 45.0 Å². The molecule has 4 N–H and O–H groups in total. The Balaban J connectivity index is 1.92. The van der Waals surface area contributed by atoms with Gasteiger partial charge in [0.25, 0.3) is 0 Å². The van der Waals surface area contributed by atoms with E-state index in [2.05, 4.69) is 44.3 Å². The van der Waals surface area contributed by atoms with Gasteiger partial charge >= 0.3 is 0 Å². The molecule has 0 spiro atoms. The minimum atomic E-state index is -0.683. The van der Waals surface area contributed by atoms with Gasteiger partial charge in [-0.3, -0.25) is 0 Å². The van der Waals surface area contributed by atoms with Gasteiger partial charge in [0.05, 0.1) is 18.8 Å². The fourth-order valence-corrected chi connectivity index (χ4v) is 3.90. The number of anilines is 1. The first kappa shape index (κ1) is 19.7. The molecule has 1 heterocycles. The number of aliphatic hydroxyl groups excluding tert-OH is 2. The van der Waals surface area contributed by atoms with E-state index in [0.717, 1.165) is 24.1 Å². The summed E-state index contributed by atoms with van der Waals surface area (Å²) in [5.41, 5.74) is 4.88. The van der Waals surface area contributed by atoms with E-state index in [9.17, 15) is 10.2 Å². The van der Waals surface area contributed by atoms with Gasteiger partial charge in [0.15, 0.2) is 0 Å². The molecule has 0 fully saturated rings. The molecule has 0 radical (unpaired) electrons. The lowest BCUT2D eigenvalue weighted by atomic mass is 9.78. The third-order valence-corrected chi connectivity index (χ3v) is 5.55. The minimum absolute atomic E-state index is 0.0657. The van der Waals surface area contributed by atoms with Crippen molar-refractivity contribution in [2.24, 2.45) is 5.92 Å². The largest absolute Gasteiger partial charge is 0.508 e. The molecule has 3 rings (SSSR count). The number of rotatable bonds is 5. The van der Waals surface area contributed by atoms with Crippen LogP contribution in [-0.2, 0) is 11.8 Å². The van der Waals surface area contributed by atoms with Gasteiger partial charge in [-0.25, -0.2) is 0 Å². The molecule has 0 aromatic heterocycles. The highest BCUT2D eigenvalue weighted by Gasteiger charge is 2.30. The number of hydrogen-bond donors (Lipinski definition) is 4. The summed E-state index contributed by atoms with van der Waals surface area (Å²) >= 11 is 0. The Hall–Kier alpha value is -2.04. The highest BCUT2D eigenvalue weighted by atomic mass is 16.3. The van der Waals surface area contributed by atoms with E-state index in [1.807, 2.05) is 18.2 Å². The van der Waals surface area contributed by atoms with E-state index >= 15 is 0 Å². The molecule has 27 heavy (non-hydrogen) atoms. The Morgan fingerprint density at radius 2 is 1.93 bits per heavy atom. The van der Waals surface area contributed by atoms with Crippen LogP contribution in [0.4, 0.5) is 5.69 Å². The molecule has 3 unspecified atom stereocenters. The number of aromatic hydroxyl groups is 1. The normalized spacial score (nSPS) is 20.6. The summed E-state index contributed by atoms with van der Waals surface area (Å²) in [6.07, 6.45) is 1.59. The van der Waals surface area contributed by atoms with Crippen molar-refractivity contribution in [3.63, 3.8) is 0 Å². The van der Waals surface area contributed by atoms with Crippen molar-refractivity contribution in [2.45, 2.75) is 57.6 Å². The Labute approximate surface area is 161 Å². The van der Waals surface area contributed by atoms with E-state index in [-0.39, 0.29) is 29.7 Å². The van der Waals surface area contributed by atoms with Crippen molar-refractivity contribution in [3.05, 3.63) is 59.2 Å². The summed E-state index contributed by atoms with van der Waals surface area (Å²) in [5.74, 6) is 0.535. The summed E-state index contributed by atoms with van der Waals surface area (Å²) in [7, 11) is 0. The Morgan fingerprint density at radius 3 is 2.59 bits per heavy atom. The van der Waals surface area contributed by atoms with Crippen LogP contribution >= 0.6 is 0 Å². The second-order valence-electron chi connectivity index (χ2n) is 8.72. The van der Waals surface area contributed by atoms with E-state index < -0.39 is 6.10 Å². The molecule has 0 amide bonds. The molecule has 2 aromatic rings. The van der Waals surface area contributed by atoms with Gasteiger partial charge in [-0.05, 0) is 65.5 Å². The zero-order chi connectivity index (χ0) is 19.6. The van der Waals surface area contributed by atoms with Gasteiger partial charge in [0.1, 0.15) is 5.75 Å². The SMILES string of the molecule is CC(C)(C)c1ccc2c(c1)CC(CCC(O)CO)C(c1cccc(O)c1)N2. The molecule has 0 aliphatic carbocycles. The average Bonchev–Trinajstić information content (AvgIpc) is 2.64. The lowest BCUT2D eigenvalue weighted by molar-refractivity contribution is 0.0813. The molecular weight excluding hydrogens is 338 g/mol. The first-order valence-corrected chi connectivity index (χ1v) is 9.75. The topological polar surface area (TPSA) is 72.7 Å². The monoisotopic (exact) mass is 369 g/mol. The molecule has 0 saturated carbocycles. The third-order valence-electron chi connectivity index (χ3n) is 5.55. The highest BCUT2D eigenvalue weighted by molar-refractivity contribution is 5.57. The zero-order valence-electron chi connectivity index (χ0n) is 16.4. The molecule has 0 saturated heterocycles. The quantitative estimate of drug-likeness (QED) is 0.639. The maximum Gasteiger partial charge on any atom is 0.115 e. The smallest absolute Gasteiger partial charge is 0.115 e. The molecule has 4 nitrogen and oxygen atoms in total. The lowest BCUT2D eigenvalue weighted by Gasteiger charge is -2.36. The lowest BCUT2D eigenvalue weighted by Crippen LogP contribution is -2.29. The van der Waals surface area contributed by atoms with Crippen molar-refractivity contribution >= 4 is 5.69 Å². The van der Waals surface area contributed by atoms with Gasteiger partial charge in [-0.2, -0.15) is 0 Å². The highest BCUT2D eigenvalue weighted by Crippen LogP contribution is 2.41. The zero-order valence-corrected chi connectivity index (χ0v) is 16.4. The van der Waals surface area contributed by atoms with Crippen LogP contribution < -0.4 is 5.32 Å². The van der Waals surface area contributed by atoms with Gasteiger partial charge < -0.3 is 20.6 Å². The molecule has 1 aliphatic rings. The van der Waals surface area contributed by atoms with Crippen molar-refractivity contribution in [1.82, 2.24) is 0 Å². The van der Waals surface area contributed by atoms with E-state index in [4.69, 9.17) is 5.11 Å². The van der Waals surface area contributed by atoms with Crippen LogP contribution in [0.1, 0.15) is 56.3 Å². The first-order valence-electron chi connectivity index (χ1n) is 9.75. The average molecular weight is 370 g/mol. The number of phenols is 1. The van der Waals surface area contributed by atoms with Crippen molar-refractivity contribution in [1.29, 1.82) is 0 Å². The van der Waals surface area contributed by atoms with Crippen LogP contribution in [0.5, 0.6) is 5.75 Å². The van der Waals surface area contributed by atoms with Crippen LogP contribution in [-0.4, -0.2) is 28.0 Å². The third kappa shape index (κ3) is 4.63. The Kier molecular flexibility index (Phi) is 5.78. The molecule has 0 bridgehead atoms. The van der Waals surface area contributed by atoms with E-state index in [0.29, 0.717) is 6.42 Å². The van der Waals surface area contributed by atoms with Crippen LogP contribution in [0.3, 0.4) is 0 Å². The fourth-order valence-electron chi connectivity index (χ4n) is 3.90. The summed E-state index contributed by atoms with van der Waals surface area (Å²) in [4.78, 5) is 0. The molecule has 3 atom stereocenters. The fraction of sp³-hybridized carbons (Fsp3) is 0.478. The molecule has 146 valence electrons. The number of aliphatic hydroxyl groups is 2. The standard InChI is InChI=1S/C23H31NO3/c1-23(2,3)18-8-10-21-17(12-18)11-16(7-9-20(27)14-25)22(24-21)15-5-4-6-19(26)13-15/h4-6,8,10,12-13,16,20,22,24-27H,7,9,11,14H2,1-3H3. The van der Waals surface area contributed by atoms with Crippen LogP contribution in [0.2, 0.25) is 0 Å². The number of hydrogen-bond acceptors (Lipinski definition) is 4. The number of fused-ring (bicyclic) bond motifs is 1. The van der Waals surface area contributed by atoms with Crippen LogP contribution in [0, 0.1) is 5.92 Å². The second-order valence-corrected chi connectivity index (χ2v) is 8.72. The molecule has 1 aliphatic heterocycles. The van der Waals surface area contributed by atoms with Crippen molar-refractivity contribution in [3.8, 4) is 5.75 Å². The number of phenolic OH excluding ortho intramolecular Hbond substituents is 1. The maximum atomic E-state index is 9.91. The van der Waals surface area contributed by atoms with Crippen molar-refractivity contribution in [2.75, 3.05) is 11.9 Å². The first-order chi connectivity index (χ1) is 12.8. The predicted molar refractivity (Wildman–Crippen MR) is 109 cm³/mol. The minimum Gasteiger partial charge on any atom is -0.508 e. The summed E-state index contributed by atoms with van der Waals surface area (Å²) in [5, 5.41) is 32.6. The van der Waals surface area contributed by atoms with E-state index in [1.54, 1.807) is 6.07 Å². The second kappa shape index (κ2) is 7.91. The van der Waals surface area contributed by atoms with E-state index in [1.165, 1.54) is 11.1 Å². The van der Waals surface area contributed by atoms with Gasteiger partial charge in [-0.15, -0.1) is 0 Å². The Morgan fingerprint density at radius 1 is 1.15 bits per heavy atom. The predicted octanol–water partition coefficient (Wildman–Crippen LogP) is 4.15. The molecule has 4 heteroatoms. The summed E-state index contributed by atoms with van der Waals surface area (Å²) < 4.78 is 0. The van der Waals surface area contributed by atoms with Gasteiger partial charge in [0, 0.05) is 5.69 Å². The molecular formula is C23H31NO3.